The maximum Gasteiger partial charge on any atom is 0.296 e. The predicted molar refractivity (Wildman–Crippen MR) is 83.2 cm³/mol. The van der Waals surface area contributed by atoms with Crippen molar-refractivity contribution in [2.24, 2.45) is 0 Å². The quantitative estimate of drug-likeness (QED) is 0.448. The fourth-order valence-electron chi connectivity index (χ4n) is 2.16. The summed E-state index contributed by atoms with van der Waals surface area (Å²) in [5.74, 6) is 0. The number of fused-ring (bicyclic) bond motifs is 1. The van der Waals surface area contributed by atoms with Crippen LogP contribution in [0.3, 0.4) is 0 Å². The molecule has 0 heterocycles. The first-order valence-electron chi connectivity index (χ1n) is 5.95. The van der Waals surface area contributed by atoms with Crippen molar-refractivity contribution in [3.05, 3.63) is 24.3 Å². The van der Waals surface area contributed by atoms with E-state index in [-0.39, 0.29) is 6.07 Å². The fraction of sp³-hybridized carbons (Fsp3) is 0. The van der Waals surface area contributed by atoms with Crippen molar-refractivity contribution in [1.82, 2.24) is 0 Å². The summed E-state index contributed by atoms with van der Waals surface area (Å²) in [6.45, 7) is 0. The molecule has 0 spiro atoms. The van der Waals surface area contributed by atoms with E-state index in [1.807, 2.05) is 0 Å². The molecule has 26 heavy (non-hydrogen) atoms. The molecule has 2 aromatic carbocycles. The highest BCUT2D eigenvalue weighted by atomic mass is 32.2. The van der Waals surface area contributed by atoms with Gasteiger partial charge in [-0.05, 0) is 23.6 Å². The van der Waals surface area contributed by atoms with Crippen molar-refractivity contribution in [3.63, 3.8) is 0 Å². The van der Waals surface area contributed by atoms with E-state index in [1.54, 1.807) is 0 Å². The smallest absolute Gasteiger partial charge is 0.282 e. The van der Waals surface area contributed by atoms with E-state index in [4.69, 9.17) is 9.11 Å². The Balaban J connectivity index is 3.35. The Bertz CT molecular complexity index is 1350. The minimum atomic E-state index is -5.50. The lowest BCUT2D eigenvalue weighted by atomic mass is 10.1. The third-order valence-corrected chi connectivity index (χ3v) is 6.76. The lowest BCUT2D eigenvalue weighted by Gasteiger charge is -2.12. The Kier molecular flexibility index (Phi) is 4.71. The SMILES string of the molecule is O=S(=O)(O)c1cc(S(=O)(=O)O)c2c(S(=O)(=O)O)c(S(=O)(=O)O)ccc2c1. The number of hydrogen-bond acceptors (Lipinski definition) is 8. The highest BCUT2D eigenvalue weighted by Crippen LogP contribution is 2.36. The third kappa shape index (κ3) is 3.86. The van der Waals surface area contributed by atoms with Gasteiger partial charge < -0.3 is 0 Å². The van der Waals surface area contributed by atoms with Crippen LogP contribution in [0.4, 0.5) is 0 Å². The van der Waals surface area contributed by atoms with Gasteiger partial charge in [0.2, 0.25) is 0 Å². The van der Waals surface area contributed by atoms with Gasteiger partial charge in [0.25, 0.3) is 40.5 Å². The van der Waals surface area contributed by atoms with E-state index >= 15 is 0 Å². The average molecular weight is 448 g/mol. The molecule has 0 saturated carbocycles. The second-order valence-corrected chi connectivity index (χ2v) is 10.4. The van der Waals surface area contributed by atoms with Gasteiger partial charge in [-0.2, -0.15) is 33.7 Å². The maximum atomic E-state index is 11.6. The van der Waals surface area contributed by atoms with Crippen molar-refractivity contribution in [2.45, 2.75) is 19.6 Å². The standard InChI is InChI=1S/C10H8O12S4/c11-23(12,13)6-3-5-1-2-7(24(14,15)16)10(26(20,21)22)9(5)8(4-6)25(17,18)19/h1-4H,(H,11,12,13)(H,14,15,16)(H,17,18,19)(H,20,21,22). The molecule has 144 valence electrons. The van der Waals surface area contributed by atoms with Crippen LogP contribution in [0, 0.1) is 0 Å². The molecule has 4 N–H and O–H groups in total. The molecule has 0 aromatic heterocycles. The summed E-state index contributed by atoms with van der Waals surface area (Å²) in [6, 6.07) is 1.84. The van der Waals surface area contributed by atoms with E-state index in [9.17, 15) is 42.8 Å². The molecule has 0 aliphatic carbocycles. The molecule has 2 rings (SSSR count). The lowest BCUT2D eigenvalue weighted by molar-refractivity contribution is 0.467. The number of hydrogen-bond donors (Lipinski definition) is 4. The van der Waals surface area contributed by atoms with Crippen LogP contribution in [0.15, 0.2) is 43.8 Å². The first-order valence-corrected chi connectivity index (χ1v) is 11.7. The molecule has 16 heteroatoms. The summed E-state index contributed by atoms with van der Waals surface area (Å²) >= 11 is 0. The minimum Gasteiger partial charge on any atom is -0.282 e. The van der Waals surface area contributed by atoms with Crippen LogP contribution >= 0.6 is 0 Å². The molecule has 0 amide bonds. The summed E-state index contributed by atoms with van der Waals surface area (Å²) in [5, 5.41) is -1.72. The zero-order valence-electron chi connectivity index (χ0n) is 12.0. The van der Waals surface area contributed by atoms with Crippen molar-refractivity contribution in [1.29, 1.82) is 0 Å². The van der Waals surface area contributed by atoms with E-state index in [0.29, 0.717) is 18.2 Å². The average Bonchev–Trinajstić information content (AvgIpc) is 2.40. The van der Waals surface area contributed by atoms with E-state index in [0.717, 1.165) is 0 Å². The zero-order valence-corrected chi connectivity index (χ0v) is 15.3. The van der Waals surface area contributed by atoms with Crippen molar-refractivity contribution in [3.8, 4) is 0 Å². The molecule has 2 aromatic rings. The highest BCUT2D eigenvalue weighted by molar-refractivity contribution is 7.89. The summed E-state index contributed by atoms with van der Waals surface area (Å²) in [4.78, 5) is -5.54. The lowest BCUT2D eigenvalue weighted by Crippen LogP contribution is -2.12. The molecule has 0 aliphatic heterocycles. The predicted octanol–water partition coefficient (Wildman–Crippen LogP) is -0.173. The van der Waals surface area contributed by atoms with Crippen molar-refractivity contribution >= 4 is 51.2 Å². The summed E-state index contributed by atoms with van der Waals surface area (Å²) < 4.78 is 128. The molecule has 12 nitrogen and oxygen atoms in total. The molecule has 0 aliphatic rings. The van der Waals surface area contributed by atoms with E-state index in [1.165, 1.54) is 0 Å². The minimum absolute atomic E-state index is 0.148. The topological polar surface area (TPSA) is 217 Å². The molecule has 0 bridgehead atoms. The van der Waals surface area contributed by atoms with Crippen LogP contribution in [0.25, 0.3) is 10.8 Å². The van der Waals surface area contributed by atoms with E-state index < -0.39 is 70.8 Å². The zero-order chi connectivity index (χ0) is 20.3. The van der Waals surface area contributed by atoms with Crippen LogP contribution < -0.4 is 0 Å². The van der Waals surface area contributed by atoms with Gasteiger partial charge >= 0.3 is 0 Å². The Morgan fingerprint density at radius 3 is 1.46 bits per heavy atom. The third-order valence-electron chi connectivity index (χ3n) is 3.08. The van der Waals surface area contributed by atoms with Crippen molar-refractivity contribution in [2.75, 3.05) is 0 Å². The van der Waals surface area contributed by atoms with Crippen LogP contribution in [0.1, 0.15) is 0 Å². The highest BCUT2D eigenvalue weighted by Gasteiger charge is 2.31. The van der Waals surface area contributed by atoms with Gasteiger partial charge in [-0.1, -0.05) is 6.07 Å². The van der Waals surface area contributed by atoms with Crippen LogP contribution in [-0.2, 0) is 40.5 Å². The monoisotopic (exact) mass is 448 g/mol. The Morgan fingerprint density at radius 2 is 1.08 bits per heavy atom. The second kappa shape index (κ2) is 5.92. The first-order chi connectivity index (χ1) is 11.4. The van der Waals surface area contributed by atoms with Gasteiger partial charge in [-0.15, -0.1) is 0 Å². The van der Waals surface area contributed by atoms with Crippen molar-refractivity contribution < 1.29 is 51.9 Å². The molecular weight excluding hydrogens is 440 g/mol. The van der Waals surface area contributed by atoms with Crippen LogP contribution in [0.5, 0.6) is 0 Å². The molecule has 0 radical (unpaired) electrons. The Labute approximate surface area is 147 Å². The molecule has 0 atom stereocenters. The molecule has 0 saturated heterocycles. The maximum absolute atomic E-state index is 11.6. The number of benzene rings is 2. The van der Waals surface area contributed by atoms with E-state index in [2.05, 4.69) is 0 Å². The Morgan fingerprint density at radius 1 is 0.577 bits per heavy atom. The fourth-order valence-corrected chi connectivity index (χ4v) is 5.61. The summed E-state index contributed by atoms with van der Waals surface area (Å²) in [5.41, 5.74) is 0. The van der Waals surface area contributed by atoms with Gasteiger partial charge in [0.05, 0.1) is 4.90 Å². The van der Waals surface area contributed by atoms with Gasteiger partial charge in [-0.25, -0.2) is 0 Å². The van der Waals surface area contributed by atoms with Crippen LogP contribution in [0.2, 0.25) is 0 Å². The first kappa shape index (κ1) is 20.6. The molecule has 0 fully saturated rings. The largest absolute Gasteiger partial charge is 0.296 e. The second-order valence-electron chi connectivity index (χ2n) is 4.81. The van der Waals surface area contributed by atoms with Gasteiger partial charge in [0, 0.05) is 5.39 Å². The van der Waals surface area contributed by atoms with Gasteiger partial charge in [-0.3, -0.25) is 18.2 Å². The molecule has 0 unspecified atom stereocenters. The van der Waals surface area contributed by atoms with Crippen LogP contribution in [-0.4, -0.2) is 51.9 Å². The summed E-state index contributed by atoms with van der Waals surface area (Å²) in [7, 11) is -21.2. The Hall–Kier alpha value is -1.66. The summed E-state index contributed by atoms with van der Waals surface area (Å²) in [6.07, 6.45) is 0. The van der Waals surface area contributed by atoms with Gasteiger partial charge in [0.15, 0.2) is 0 Å². The molecular formula is C10H8O12S4. The normalized spacial score (nSPS) is 13.8. The van der Waals surface area contributed by atoms with Gasteiger partial charge in [0.1, 0.15) is 14.7 Å². The number of rotatable bonds is 4.